The van der Waals surface area contributed by atoms with Gasteiger partial charge >= 0.3 is 0 Å². The van der Waals surface area contributed by atoms with Crippen LogP contribution in [0.1, 0.15) is 18.4 Å². The highest BCUT2D eigenvalue weighted by molar-refractivity contribution is 7.91. The summed E-state index contributed by atoms with van der Waals surface area (Å²) in [6, 6.07) is 6.85. The lowest BCUT2D eigenvalue weighted by Crippen LogP contribution is -2.35. The Balaban J connectivity index is 1.99. The van der Waals surface area contributed by atoms with Gasteiger partial charge in [-0.15, -0.1) is 0 Å². The molecule has 1 heterocycles. The van der Waals surface area contributed by atoms with Gasteiger partial charge in [-0.3, -0.25) is 4.90 Å². The summed E-state index contributed by atoms with van der Waals surface area (Å²) in [6.07, 6.45) is 1.97. The highest BCUT2D eigenvalue weighted by Crippen LogP contribution is 2.18. The van der Waals surface area contributed by atoms with E-state index in [9.17, 15) is 13.5 Å². The van der Waals surface area contributed by atoms with E-state index in [0.717, 1.165) is 24.9 Å². The van der Waals surface area contributed by atoms with E-state index in [-0.39, 0.29) is 18.4 Å². The monoisotopic (exact) mass is 298 g/mol. The summed E-state index contributed by atoms with van der Waals surface area (Å²) >= 11 is 0. The van der Waals surface area contributed by atoms with Crippen molar-refractivity contribution in [1.82, 2.24) is 4.90 Å². The van der Waals surface area contributed by atoms with Crippen LogP contribution in [0.15, 0.2) is 29.2 Å². The molecule has 1 aromatic rings. The summed E-state index contributed by atoms with van der Waals surface area (Å²) in [7, 11) is -3.27. The van der Waals surface area contributed by atoms with E-state index in [1.807, 2.05) is 0 Å². The third kappa shape index (κ3) is 3.58. The summed E-state index contributed by atoms with van der Waals surface area (Å²) in [5.41, 5.74) is 6.42. The van der Waals surface area contributed by atoms with Crippen molar-refractivity contribution in [3.8, 4) is 0 Å². The quantitative estimate of drug-likeness (QED) is 0.793. The van der Waals surface area contributed by atoms with Crippen molar-refractivity contribution >= 4 is 9.84 Å². The maximum absolute atomic E-state index is 12.3. The van der Waals surface area contributed by atoms with Crippen LogP contribution in [-0.2, 0) is 16.4 Å². The normalized spacial score (nSPS) is 20.4. The van der Waals surface area contributed by atoms with Gasteiger partial charge in [-0.1, -0.05) is 12.1 Å². The van der Waals surface area contributed by atoms with Crippen LogP contribution in [0.4, 0.5) is 0 Å². The minimum absolute atomic E-state index is 0.0888. The molecule has 2 rings (SSSR count). The Morgan fingerprint density at radius 3 is 2.60 bits per heavy atom. The Hall–Kier alpha value is -0.950. The van der Waals surface area contributed by atoms with Gasteiger partial charge in [0.05, 0.1) is 17.3 Å². The minimum atomic E-state index is -3.27. The molecular weight excluding hydrogens is 276 g/mol. The highest BCUT2D eigenvalue weighted by atomic mass is 32.2. The molecule has 1 fully saturated rings. The number of aliphatic hydroxyl groups is 1. The second-order valence-electron chi connectivity index (χ2n) is 5.18. The van der Waals surface area contributed by atoms with Crippen LogP contribution in [0.2, 0.25) is 0 Å². The first-order valence-corrected chi connectivity index (χ1v) is 8.58. The summed E-state index contributed by atoms with van der Waals surface area (Å²) in [5, 5.41) is 9.24. The molecule has 0 aromatic heterocycles. The first kappa shape index (κ1) is 15.4. The molecule has 3 N–H and O–H groups in total. The molecule has 0 aliphatic carbocycles. The number of nitrogens with zero attached hydrogens (tertiary/aromatic N) is 1. The van der Waals surface area contributed by atoms with E-state index in [0.29, 0.717) is 18.0 Å². The fourth-order valence-corrected chi connectivity index (χ4v) is 3.85. The maximum Gasteiger partial charge on any atom is 0.179 e. The van der Waals surface area contributed by atoms with Crippen molar-refractivity contribution < 1.29 is 13.5 Å². The fraction of sp³-hybridized carbons (Fsp3) is 0.571. The van der Waals surface area contributed by atoms with Crippen molar-refractivity contribution in [2.75, 3.05) is 25.4 Å². The molecule has 0 radical (unpaired) electrons. The van der Waals surface area contributed by atoms with Crippen molar-refractivity contribution in [3.05, 3.63) is 29.8 Å². The number of sulfone groups is 1. The van der Waals surface area contributed by atoms with E-state index < -0.39 is 9.84 Å². The van der Waals surface area contributed by atoms with Crippen LogP contribution in [0.25, 0.3) is 0 Å². The van der Waals surface area contributed by atoms with Gasteiger partial charge in [0.25, 0.3) is 0 Å². The zero-order chi connectivity index (χ0) is 14.6. The molecule has 1 aromatic carbocycles. The Morgan fingerprint density at radius 2 is 2.00 bits per heavy atom. The van der Waals surface area contributed by atoms with Crippen molar-refractivity contribution in [3.63, 3.8) is 0 Å². The molecular formula is C14H22N2O3S. The lowest BCUT2D eigenvalue weighted by atomic mass is 10.2. The number of rotatable bonds is 6. The van der Waals surface area contributed by atoms with E-state index in [1.54, 1.807) is 24.3 Å². The summed E-state index contributed by atoms with van der Waals surface area (Å²) in [5.74, 6) is 0.0888. The second-order valence-corrected chi connectivity index (χ2v) is 7.29. The molecule has 1 aliphatic rings. The number of nitrogens with two attached hydrogens (primary N) is 1. The molecule has 1 atom stereocenters. The van der Waals surface area contributed by atoms with E-state index in [2.05, 4.69) is 4.90 Å². The smallest absolute Gasteiger partial charge is 0.179 e. The molecule has 0 saturated carbocycles. The van der Waals surface area contributed by atoms with Crippen LogP contribution in [-0.4, -0.2) is 49.9 Å². The Bertz CT molecular complexity index is 528. The molecule has 20 heavy (non-hydrogen) atoms. The average Bonchev–Trinajstić information content (AvgIpc) is 2.93. The zero-order valence-corrected chi connectivity index (χ0v) is 12.3. The number of likely N-dealkylation sites (tertiary alicyclic amines) is 1. The molecule has 1 saturated heterocycles. The van der Waals surface area contributed by atoms with Gasteiger partial charge in [-0.2, -0.15) is 0 Å². The number of hydrogen-bond donors (Lipinski definition) is 2. The molecule has 112 valence electrons. The highest BCUT2D eigenvalue weighted by Gasteiger charge is 2.25. The molecule has 5 nitrogen and oxygen atoms in total. The number of hydrogen-bond acceptors (Lipinski definition) is 5. The Morgan fingerprint density at radius 1 is 1.30 bits per heavy atom. The van der Waals surface area contributed by atoms with Crippen LogP contribution in [0.5, 0.6) is 0 Å². The summed E-state index contributed by atoms with van der Waals surface area (Å²) in [6.45, 7) is 1.86. The predicted octanol–water partition coefficient (Wildman–Crippen LogP) is 0.376. The van der Waals surface area contributed by atoms with E-state index in [4.69, 9.17) is 5.73 Å². The van der Waals surface area contributed by atoms with Crippen LogP contribution in [0, 0.1) is 0 Å². The van der Waals surface area contributed by atoms with Gasteiger partial charge in [0.1, 0.15) is 0 Å². The molecule has 0 amide bonds. The minimum Gasteiger partial charge on any atom is -0.395 e. The van der Waals surface area contributed by atoms with Gasteiger partial charge < -0.3 is 10.8 Å². The van der Waals surface area contributed by atoms with E-state index >= 15 is 0 Å². The van der Waals surface area contributed by atoms with E-state index in [1.165, 1.54) is 0 Å². The first-order chi connectivity index (χ1) is 9.56. The SMILES string of the molecule is NCc1ccc(S(=O)(=O)CCN2CCCC2CO)cc1. The topological polar surface area (TPSA) is 83.6 Å². The molecule has 0 bridgehead atoms. The molecule has 6 heteroatoms. The standard InChI is InChI=1S/C14H22N2O3S/c15-10-12-3-5-14(6-4-12)20(18,19)9-8-16-7-1-2-13(16)11-17/h3-6,13,17H,1-2,7-11,15H2. The lowest BCUT2D eigenvalue weighted by Gasteiger charge is -2.22. The van der Waals surface area contributed by atoms with Crippen LogP contribution >= 0.6 is 0 Å². The average molecular weight is 298 g/mol. The first-order valence-electron chi connectivity index (χ1n) is 6.93. The number of benzene rings is 1. The molecule has 0 spiro atoms. The summed E-state index contributed by atoms with van der Waals surface area (Å²) in [4.78, 5) is 2.40. The predicted molar refractivity (Wildman–Crippen MR) is 78.1 cm³/mol. The molecule has 1 aliphatic heterocycles. The third-order valence-corrected chi connectivity index (χ3v) is 5.59. The van der Waals surface area contributed by atoms with Crippen molar-refractivity contribution in [2.24, 2.45) is 5.73 Å². The fourth-order valence-electron chi connectivity index (χ4n) is 2.58. The molecule has 1 unspecified atom stereocenters. The maximum atomic E-state index is 12.3. The third-order valence-electron chi connectivity index (χ3n) is 3.88. The number of aliphatic hydroxyl groups excluding tert-OH is 1. The van der Waals surface area contributed by atoms with Crippen LogP contribution < -0.4 is 5.73 Å². The van der Waals surface area contributed by atoms with Gasteiger partial charge in [0, 0.05) is 19.1 Å². The van der Waals surface area contributed by atoms with Crippen LogP contribution in [0.3, 0.4) is 0 Å². The zero-order valence-electron chi connectivity index (χ0n) is 11.5. The summed E-state index contributed by atoms with van der Waals surface area (Å²) < 4.78 is 24.5. The second kappa shape index (κ2) is 6.67. The van der Waals surface area contributed by atoms with Gasteiger partial charge in [-0.25, -0.2) is 8.42 Å². The van der Waals surface area contributed by atoms with Gasteiger partial charge in [0.2, 0.25) is 0 Å². The lowest BCUT2D eigenvalue weighted by molar-refractivity contribution is 0.165. The van der Waals surface area contributed by atoms with Crippen molar-refractivity contribution in [1.29, 1.82) is 0 Å². The largest absolute Gasteiger partial charge is 0.395 e. The van der Waals surface area contributed by atoms with Gasteiger partial charge in [0.15, 0.2) is 9.84 Å². The Labute approximate surface area is 120 Å². The Kier molecular flexibility index (Phi) is 5.15. The van der Waals surface area contributed by atoms with Gasteiger partial charge in [-0.05, 0) is 37.1 Å². The van der Waals surface area contributed by atoms with Crippen molar-refractivity contribution in [2.45, 2.75) is 30.3 Å².